The largest absolute Gasteiger partial charge is 0.370 e. The summed E-state index contributed by atoms with van der Waals surface area (Å²) in [5.41, 5.74) is 5.19. The average Bonchev–Trinajstić information content (AvgIpc) is 2.20. The number of nitrogens with two attached hydrogens (primary N) is 1. The standard InChI is InChI=1S/C12H26N4O/c1-8(2)11(17)10(16-9(3)4)6-5-7-15-12(13)14/h8-10,16H,5-7H2,1-4H3,(H4,13,14,15). The van der Waals surface area contributed by atoms with E-state index < -0.39 is 0 Å². The van der Waals surface area contributed by atoms with Gasteiger partial charge in [0.2, 0.25) is 0 Å². The molecule has 0 rings (SSSR count). The van der Waals surface area contributed by atoms with Crippen LogP contribution in [0, 0.1) is 11.3 Å². The highest BCUT2D eigenvalue weighted by atomic mass is 16.1. The van der Waals surface area contributed by atoms with Crippen molar-refractivity contribution in [2.75, 3.05) is 6.54 Å². The summed E-state index contributed by atoms with van der Waals surface area (Å²) in [6, 6.07) is 0.201. The molecular weight excluding hydrogens is 216 g/mol. The van der Waals surface area contributed by atoms with Crippen molar-refractivity contribution in [3.63, 3.8) is 0 Å². The van der Waals surface area contributed by atoms with Crippen molar-refractivity contribution in [2.45, 2.75) is 52.6 Å². The number of ketones is 1. The predicted molar refractivity (Wildman–Crippen MR) is 71.1 cm³/mol. The number of hydrogen-bond donors (Lipinski definition) is 4. The first-order chi connectivity index (χ1) is 7.84. The van der Waals surface area contributed by atoms with Crippen LogP contribution >= 0.6 is 0 Å². The fourth-order valence-corrected chi connectivity index (χ4v) is 1.64. The van der Waals surface area contributed by atoms with Crippen LogP contribution in [0.4, 0.5) is 0 Å². The Kier molecular flexibility index (Phi) is 7.54. The van der Waals surface area contributed by atoms with E-state index in [2.05, 4.69) is 10.6 Å². The highest BCUT2D eigenvalue weighted by Crippen LogP contribution is 2.06. The molecule has 0 saturated heterocycles. The van der Waals surface area contributed by atoms with Gasteiger partial charge in [-0.25, -0.2) is 0 Å². The maximum Gasteiger partial charge on any atom is 0.185 e. The molecular formula is C12H26N4O. The molecule has 0 fully saturated rings. The number of rotatable bonds is 8. The maximum atomic E-state index is 12.0. The molecule has 0 aliphatic heterocycles. The van der Waals surface area contributed by atoms with Crippen LogP contribution in [0.2, 0.25) is 0 Å². The lowest BCUT2D eigenvalue weighted by atomic mass is 9.97. The average molecular weight is 242 g/mol. The van der Waals surface area contributed by atoms with Gasteiger partial charge < -0.3 is 16.4 Å². The monoisotopic (exact) mass is 242 g/mol. The molecule has 0 radical (unpaired) electrons. The van der Waals surface area contributed by atoms with Crippen LogP contribution in [0.15, 0.2) is 0 Å². The van der Waals surface area contributed by atoms with Gasteiger partial charge in [-0.1, -0.05) is 27.7 Å². The molecule has 0 aromatic heterocycles. The minimum atomic E-state index is -0.0937. The van der Waals surface area contributed by atoms with Crippen molar-refractivity contribution in [3.05, 3.63) is 0 Å². The second-order valence-corrected chi connectivity index (χ2v) is 4.91. The van der Waals surface area contributed by atoms with E-state index >= 15 is 0 Å². The zero-order chi connectivity index (χ0) is 13.4. The molecule has 0 aliphatic carbocycles. The minimum Gasteiger partial charge on any atom is -0.370 e. The normalized spacial score (nSPS) is 12.8. The Morgan fingerprint density at radius 3 is 2.29 bits per heavy atom. The molecule has 0 aromatic rings. The fraction of sp³-hybridized carbons (Fsp3) is 0.833. The highest BCUT2D eigenvalue weighted by molar-refractivity contribution is 5.85. The van der Waals surface area contributed by atoms with E-state index in [-0.39, 0.29) is 23.7 Å². The van der Waals surface area contributed by atoms with Crippen molar-refractivity contribution in [3.8, 4) is 0 Å². The van der Waals surface area contributed by atoms with E-state index in [1.807, 2.05) is 27.7 Å². The lowest BCUT2D eigenvalue weighted by Crippen LogP contribution is -2.43. The van der Waals surface area contributed by atoms with Gasteiger partial charge >= 0.3 is 0 Å². The summed E-state index contributed by atoms with van der Waals surface area (Å²) in [5.74, 6) is 0.280. The van der Waals surface area contributed by atoms with Crippen LogP contribution in [0.1, 0.15) is 40.5 Å². The van der Waals surface area contributed by atoms with Gasteiger partial charge in [0.1, 0.15) is 0 Å². The molecule has 5 N–H and O–H groups in total. The number of Topliss-reactive ketones (excluding diaryl/α,β-unsaturated/α-hetero) is 1. The Morgan fingerprint density at radius 2 is 1.88 bits per heavy atom. The second-order valence-electron chi connectivity index (χ2n) is 4.91. The third-order valence-electron chi connectivity index (χ3n) is 2.43. The number of guanidine groups is 1. The van der Waals surface area contributed by atoms with Gasteiger partial charge in [0, 0.05) is 18.5 Å². The molecule has 0 amide bonds. The zero-order valence-electron chi connectivity index (χ0n) is 11.3. The second kappa shape index (κ2) is 8.06. The lowest BCUT2D eigenvalue weighted by molar-refractivity contribution is -0.124. The third-order valence-corrected chi connectivity index (χ3v) is 2.43. The van der Waals surface area contributed by atoms with Crippen LogP contribution in [-0.2, 0) is 4.79 Å². The van der Waals surface area contributed by atoms with Crippen LogP contribution < -0.4 is 16.4 Å². The van der Waals surface area contributed by atoms with Gasteiger partial charge in [-0.3, -0.25) is 10.2 Å². The highest BCUT2D eigenvalue weighted by Gasteiger charge is 2.20. The van der Waals surface area contributed by atoms with E-state index in [0.29, 0.717) is 12.6 Å². The summed E-state index contributed by atoms with van der Waals surface area (Å²) in [6.45, 7) is 8.55. The lowest BCUT2D eigenvalue weighted by Gasteiger charge is -2.22. The summed E-state index contributed by atoms with van der Waals surface area (Å²) >= 11 is 0. The first-order valence-electron chi connectivity index (χ1n) is 6.22. The molecule has 17 heavy (non-hydrogen) atoms. The summed E-state index contributed by atoms with van der Waals surface area (Å²) < 4.78 is 0. The van der Waals surface area contributed by atoms with Gasteiger partial charge in [0.25, 0.3) is 0 Å². The Morgan fingerprint density at radius 1 is 1.29 bits per heavy atom. The van der Waals surface area contributed by atoms with Crippen LogP contribution in [0.25, 0.3) is 0 Å². The molecule has 100 valence electrons. The van der Waals surface area contributed by atoms with Gasteiger partial charge in [0.15, 0.2) is 11.7 Å². The minimum absolute atomic E-state index is 0.0199. The number of carbonyl (C=O) groups is 1. The number of carbonyl (C=O) groups excluding carboxylic acids is 1. The van der Waals surface area contributed by atoms with Gasteiger partial charge in [-0.05, 0) is 12.8 Å². The van der Waals surface area contributed by atoms with E-state index in [9.17, 15) is 4.79 Å². The van der Waals surface area contributed by atoms with Crippen molar-refractivity contribution in [1.29, 1.82) is 5.41 Å². The Bertz CT molecular complexity index is 251. The van der Waals surface area contributed by atoms with Gasteiger partial charge in [-0.15, -0.1) is 0 Å². The van der Waals surface area contributed by atoms with Crippen LogP contribution in [0.5, 0.6) is 0 Å². The summed E-state index contributed by atoms with van der Waals surface area (Å²) in [6.07, 6.45) is 1.60. The first kappa shape index (κ1) is 15.9. The van der Waals surface area contributed by atoms with Gasteiger partial charge in [-0.2, -0.15) is 0 Å². The Labute approximate surface area is 104 Å². The van der Waals surface area contributed by atoms with Crippen LogP contribution in [-0.4, -0.2) is 30.4 Å². The SMILES string of the molecule is CC(C)NC(CCCNC(=N)N)C(=O)C(C)C. The van der Waals surface area contributed by atoms with E-state index in [4.69, 9.17) is 11.1 Å². The quantitative estimate of drug-likeness (QED) is 0.288. The van der Waals surface area contributed by atoms with E-state index in [1.165, 1.54) is 0 Å². The summed E-state index contributed by atoms with van der Waals surface area (Å²) in [7, 11) is 0. The van der Waals surface area contributed by atoms with E-state index in [0.717, 1.165) is 12.8 Å². The smallest absolute Gasteiger partial charge is 0.185 e. The third kappa shape index (κ3) is 7.74. The molecule has 5 nitrogen and oxygen atoms in total. The maximum absolute atomic E-state index is 12.0. The predicted octanol–water partition coefficient (Wildman–Crippen LogP) is 0.841. The molecule has 0 aliphatic rings. The number of hydrogen-bond acceptors (Lipinski definition) is 3. The van der Waals surface area contributed by atoms with Crippen molar-refractivity contribution in [2.24, 2.45) is 11.7 Å². The van der Waals surface area contributed by atoms with Crippen molar-refractivity contribution < 1.29 is 4.79 Å². The van der Waals surface area contributed by atoms with Crippen LogP contribution in [0.3, 0.4) is 0 Å². The first-order valence-corrected chi connectivity index (χ1v) is 6.22. The topological polar surface area (TPSA) is 91.0 Å². The molecule has 1 unspecified atom stereocenters. The number of nitrogens with one attached hydrogen (secondary N) is 3. The fourth-order valence-electron chi connectivity index (χ4n) is 1.64. The molecule has 0 saturated carbocycles. The zero-order valence-corrected chi connectivity index (χ0v) is 11.3. The molecule has 0 heterocycles. The molecule has 1 atom stereocenters. The summed E-state index contributed by atoms with van der Waals surface area (Å²) in [4.78, 5) is 12.0. The Balaban J connectivity index is 4.11. The molecule has 0 spiro atoms. The Hall–Kier alpha value is -1.10. The van der Waals surface area contributed by atoms with Crippen molar-refractivity contribution in [1.82, 2.24) is 10.6 Å². The van der Waals surface area contributed by atoms with Crippen molar-refractivity contribution >= 4 is 11.7 Å². The van der Waals surface area contributed by atoms with E-state index in [1.54, 1.807) is 0 Å². The molecule has 5 heteroatoms. The van der Waals surface area contributed by atoms with Gasteiger partial charge in [0.05, 0.1) is 6.04 Å². The summed E-state index contributed by atoms with van der Waals surface area (Å²) in [5, 5.41) is 13.1. The molecule has 0 aromatic carbocycles. The molecule has 0 bridgehead atoms.